The van der Waals surface area contributed by atoms with Crippen LogP contribution < -0.4 is 0 Å². The number of halogens is 1. The lowest BCUT2D eigenvalue weighted by Gasteiger charge is -2.01. The number of aliphatic imine (C=N–C) groups is 1. The third-order valence-corrected chi connectivity index (χ3v) is 2.34. The van der Waals surface area contributed by atoms with Crippen LogP contribution in [0.25, 0.3) is 0 Å². The molecule has 0 aliphatic heterocycles. The van der Waals surface area contributed by atoms with Crippen LogP contribution in [0.15, 0.2) is 23.3 Å². The number of aryl methyl sites for hydroxylation is 1. The van der Waals surface area contributed by atoms with E-state index in [2.05, 4.69) is 9.98 Å². The maximum atomic E-state index is 10.3. The van der Waals surface area contributed by atoms with Crippen molar-refractivity contribution in [2.75, 3.05) is 13.6 Å². The van der Waals surface area contributed by atoms with Gasteiger partial charge in [-0.05, 0) is 24.5 Å². The monoisotopic (exact) mass is 241 g/mol. The predicted molar refractivity (Wildman–Crippen MR) is 62.8 cm³/mol. The van der Waals surface area contributed by atoms with Gasteiger partial charge in [0.2, 0.25) is 6.54 Å². The highest BCUT2D eigenvalue weighted by molar-refractivity contribution is 6.29. The van der Waals surface area contributed by atoms with E-state index in [1.54, 1.807) is 19.3 Å². The molecule has 0 atom stereocenters. The van der Waals surface area contributed by atoms with Crippen LogP contribution in [0.5, 0.6) is 0 Å². The highest BCUT2D eigenvalue weighted by atomic mass is 35.5. The predicted octanol–water partition coefficient (Wildman–Crippen LogP) is 2.02. The standard InChI is InChI=1S/C10H12ClN3O2/c1-12-9(7-14(15)16)4-2-8-3-5-10(11)13-6-8/h3,5-6H,2,4,7H2,1H3. The van der Waals surface area contributed by atoms with Gasteiger partial charge in [0.25, 0.3) is 0 Å². The van der Waals surface area contributed by atoms with Gasteiger partial charge in [0.1, 0.15) is 5.15 Å². The second-order valence-corrected chi connectivity index (χ2v) is 3.66. The van der Waals surface area contributed by atoms with Crippen molar-refractivity contribution in [2.45, 2.75) is 12.8 Å². The van der Waals surface area contributed by atoms with E-state index in [4.69, 9.17) is 11.6 Å². The Bertz CT molecular complexity index is 390. The molecule has 0 aliphatic carbocycles. The zero-order valence-corrected chi connectivity index (χ0v) is 9.65. The lowest BCUT2D eigenvalue weighted by Crippen LogP contribution is -2.14. The van der Waals surface area contributed by atoms with Crippen LogP contribution in [0.1, 0.15) is 12.0 Å². The van der Waals surface area contributed by atoms with E-state index < -0.39 is 0 Å². The maximum absolute atomic E-state index is 10.3. The minimum atomic E-state index is -0.373. The second kappa shape index (κ2) is 6.17. The highest BCUT2D eigenvalue weighted by Crippen LogP contribution is 2.07. The smallest absolute Gasteiger partial charge is 0.241 e. The van der Waals surface area contributed by atoms with Crippen molar-refractivity contribution in [2.24, 2.45) is 4.99 Å². The Labute approximate surface area is 98.3 Å². The van der Waals surface area contributed by atoms with E-state index in [0.29, 0.717) is 23.7 Å². The molecule has 0 saturated carbocycles. The summed E-state index contributed by atoms with van der Waals surface area (Å²) in [5, 5.41) is 10.8. The number of hydrogen-bond donors (Lipinski definition) is 0. The summed E-state index contributed by atoms with van der Waals surface area (Å²) in [6.07, 6.45) is 2.92. The summed E-state index contributed by atoms with van der Waals surface area (Å²) in [7, 11) is 1.57. The fourth-order valence-corrected chi connectivity index (χ4v) is 1.37. The molecule has 1 rings (SSSR count). The van der Waals surface area contributed by atoms with Crippen molar-refractivity contribution >= 4 is 17.3 Å². The summed E-state index contributed by atoms with van der Waals surface area (Å²) in [5.41, 5.74) is 1.58. The first-order chi connectivity index (χ1) is 7.61. The largest absolute Gasteiger partial charge is 0.291 e. The van der Waals surface area contributed by atoms with Gasteiger partial charge in [-0.3, -0.25) is 15.1 Å². The molecule has 0 bridgehead atoms. The number of hydrogen-bond acceptors (Lipinski definition) is 4. The first kappa shape index (κ1) is 12.6. The molecule has 1 aromatic rings. The molecular weight excluding hydrogens is 230 g/mol. The molecule has 0 aromatic carbocycles. The topological polar surface area (TPSA) is 68.4 Å². The zero-order chi connectivity index (χ0) is 12.0. The molecule has 0 radical (unpaired) electrons. The zero-order valence-electron chi connectivity index (χ0n) is 8.89. The first-order valence-electron chi connectivity index (χ1n) is 4.78. The molecule has 16 heavy (non-hydrogen) atoms. The molecule has 1 aromatic heterocycles. The summed E-state index contributed by atoms with van der Waals surface area (Å²) in [6.45, 7) is -0.197. The molecule has 86 valence electrons. The Morgan fingerprint density at radius 3 is 2.88 bits per heavy atom. The molecule has 0 spiro atoms. The quantitative estimate of drug-likeness (QED) is 0.343. The summed E-state index contributed by atoms with van der Waals surface area (Å²) >= 11 is 5.65. The lowest BCUT2D eigenvalue weighted by molar-refractivity contribution is -0.463. The fourth-order valence-electron chi connectivity index (χ4n) is 1.25. The number of pyridine rings is 1. The van der Waals surface area contributed by atoms with Crippen LogP contribution in [0.3, 0.4) is 0 Å². The van der Waals surface area contributed by atoms with Crippen molar-refractivity contribution in [3.05, 3.63) is 39.2 Å². The van der Waals surface area contributed by atoms with Crippen molar-refractivity contribution in [3.8, 4) is 0 Å². The average molecular weight is 242 g/mol. The number of nitrogens with zero attached hydrogens (tertiary/aromatic N) is 3. The molecule has 5 nitrogen and oxygen atoms in total. The van der Waals surface area contributed by atoms with Gasteiger partial charge < -0.3 is 0 Å². The molecule has 0 saturated heterocycles. The van der Waals surface area contributed by atoms with E-state index in [0.717, 1.165) is 5.56 Å². The second-order valence-electron chi connectivity index (χ2n) is 3.27. The third-order valence-electron chi connectivity index (χ3n) is 2.12. The Morgan fingerprint density at radius 1 is 1.62 bits per heavy atom. The molecule has 1 heterocycles. The van der Waals surface area contributed by atoms with E-state index in [9.17, 15) is 10.1 Å². The summed E-state index contributed by atoms with van der Waals surface area (Å²) in [4.78, 5) is 17.8. The van der Waals surface area contributed by atoms with E-state index >= 15 is 0 Å². The summed E-state index contributed by atoms with van der Waals surface area (Å²) in [6, 6.07) is 3.56. The molecular formula is C10H12ClN3O2. The summed E-state index contributed by atoms with van der Waals surface area (Å²) < 4.78 is 0. The van der Waals surface area contributed by atoms with Crippen molar-refractivity contribution in [1.29, 1.82) is 0 Å². The van der Waals surface area contributed by atoms with Gasteiger partial charge in [0, 0.05) is 18.2 Å². The van der Waals surface area contributed by atoms with E-state index in [-0.39, 0.29) is 11.5 Å². The molecule has 0 aliphatic rings. The van der Waals surface area contributed by atoms with Crippen LogP contribution >= 0.6 is 11.6 Å². The van der Waals surface area contributed by atoms with Crippen LogP contribution in [-0.2, 0) is 6.42 Å². The fraction of sp³-hybridized carbons (Fsp3) is 0.400. The van der Waals surface area contributed by atoms with Crippen LogP contribution in [0.2, 0.25) is 5.15 Å². The SMILES string of the molecule is CN=C(CCc1ccc(Cl)nc1)C[N+](=O)[O-]. The third kappa shape index (κ3) is 4.35. The Kier molecular flexibility index (Phi) is 4.85. The highest BCUT2D eigenvalue weighted by Gasteiger charge is 2.06. The molecule has 6 heteroatoms. The minimum Gasteiger partial charge on any atom is -0.291 e. The molecule has 0 amide bonds. The lowest BCUT2D eigenvalue weighted by atomic mass is 10.1. The van der Waals surface area contributed by atoms with Gasteiger partial charge in [-0.15, -0.1) is 0 Å². The van der Waals surface area contributed by atoms with Gasteiger partial charge in [-0.1, -0.05) is 17.7 Å². The summed E-state index contributed by atoms with van der Waals surface area (Å²) in [5.74, 6) is 0. The minimum absolute atomic E-state index is 0.197. The van der Waals surface area contributed by atoms with E-state index in [1.165, 1.54) is 0 Å². The van der Waals surface area contributed by atoms with Crippen LogP contribution in [0.4, 0.5) is 0 Å². The van der Waals surface area contributed by atoms with Gasteiger partial charge >= 0.3 is 0 Å². The van der Waals surface area contributed by atoms with Gasteiger partial charge in [0.15, 0.2) is 0 Å². The molecule has 0 N–H and O–H groups in total. The number of rotatable bonds is 5. The number of aromatic nitrogens is 1. The van der Waals surface area contributed by atoms with Gasteiger partial charge in [-0.25, -0.2) is 4.98 Å². The first-order valence-corrected chi connectivity index (χ1v) is 5.16. The van der Waals surface area contributed by atoms with E-state index in [1.807, 2.05) is 6.07 Å². The Hall–Kier alpha value is -1.49. The maximum Gasteiger partial charge on any atom is 0.241 e. The molecule has 0 fully saturated rings. The van der Waals surface area contributed by atoms with Crippen molar-refractivity contribution in [1.82, 2.24) is 4.98 Å². The van der Waals surface area contributed by atoms with Gasteiger partial charge in [0.05, 0.1) is 5.71 Å². The average Bonchev–Trinajstić information content (AvgIpc) is 2.26. The van der Waals surface area contributed by atoms with Crippen molar-refractivity contribution in [3.63, 3.8) is 0 Å². The van der Waals surface area contributed by atoms with Crippen molar-refractivity contribution < 1.29 is 4.92 Å². The Balaban J connectivity index is 2.50. The number of nitro groups is 1. The van der Waals surface area contributed by atoms with Crippen LogP contribution in [-0.4, -0.2) is 29.2 Å². The Morgan fingerprint density at radius 2 is 2.38 bits per heavy atom. The molecule has 0 unspecified atom stereocenters. The van der Waals surface area contributed by atoms with Crippen LogP contribution in [0, 0.1) is 10.1 Å². The van der Waals surface area contributed by atoms with Gasteiger partial charge in [-0.2, -0.15) is 0 Å². The normalized spacial score (nSPS) is 11.5.